The molecule has 1 aromatic carbocycles. The Balaban J connectivity index is 1.97. The fourth-order valence-corrected chi connectivity index (χ4v) is 3.02. The minimum atomic E-state index is 0.593. The second-order valence-corrected chi connectivity index (χ2v) is 5.81. The molecule has 3 unspecified atom stereocenters. The zero-order valence-corrected chi connectivity index (χ0v) is 12.1. The van der Waals surface area contributed by atoms with E-state index in [0.29, 0.717) is 12.1 Å². The van der Waals surface area contributed by atoms with Crippen molar-refractivity contribution in [1.29, 1.82) is 0 Å². The van der Waals surface area contributed by atoms with Crippen LogP contribution in [-0.4, -0.2) is 6.04 Å². The van der Waals surface area contributed by atoms with Crippen LogP contribution in [0.1, 0.15) is 63.6 Å². The Hall–Kier alpha value is -0.820. The first-order valence-corrected chi connectivity index (χ1v) is 7.58. The highest BCUT2D eigenvalue weighted by atomic mass is 15.0. The number of hydrogen-bond acceptors (Lipinski definition) is 1. The van der Waals surface area contributed by atoms with Gasteiger partial charge in [0.15, 0.2) is 0 Å². The molecule has 0 aromatic heterocycles. The van der Waals surface area contributed by atoms with Crippen molar-refractivity contribution in [1.82, 2.24) is 5.32 Å². The summed E-state index contributed by atoms with van der Waals surface area (Å²) in [7, 11) is 0. The summed E-state index contributed by atoms with van der Waals surface area (Å²) in [5, 5.41) is 3.89. The molecule has 1 aliphatic carbocycles. The van der Waals surface area contributed by atoms with E-state index in [1.54, 1.807) is 11.1 Å². The van der Waals surface area contributed by atoms with Gasteiger partial charge in [0, 0.05) is 12.1 Å². The lowest BCUT2D eigenvalue weighted by molar-refractivity contribution is 0.349. The normalized spacial score (nSPS) is 21.6. The molecule has 0 heterocycles. The zero-order valence-electron chi connectivity index (χ0n) is 12.1. The maximum Gasteiger partial charge on any atom is 0.0328 e. The number of rotatable bonds is 6. The molecule has 100 valence electrons. The van der Waals surface area contributed by atoms with E-state index in [9.17, 15) is 0 Å². The second-order valence-electron chi connectivity index (χ2n) is 5.81. The molecule has 1 aliphatic rings. The zero-order chi connectivity index (χ0) is 13.0. The molecule has 1 nitrogen and oxygen atoms in total. The predicted molar refractivity (Wildman–Crippen MR) is 78.8 cm³/mol. The van der Waals surface area contributed by atoms with Crippen molar-refractivity contribution in [2.45, 2.75) is 65.0 Å². The van der Waals surface area contributed by atoms with Crippen LogP contribution < -0.4 is 5.32 Å². The van der Waals surface area contributed by atoms with E-state index < -0.39 is 0 Å². The van der Waals surface area contributed by atoms with Gasteiger partial charge in [-0.15, -0.1) is 0 Å². The van der Waals surface area contributed by atoms with Crippen LogP contribution in [0.2, 0.25) is 0 Å². The predicted octanol–water partition coefficient (Wildman–Crippen LogP) is 4.48. The lowest BCUT2D eigenvalue weighted by atomic mass is 9.96. The SMILES string of the molecule is CCC(C)CC(CC)NC1CCc2ccccc21. The maximum absolute atomic E-state index is 3.89. The van der Waals surface area contributed by atoms with Gasteiger partial charge in [0.25, 0.3) is 0 Å². The van der Waals surface area contributed by atoms with E-state index in [2.05, 4.69) is 50.4 Å². The molecule has 2 rings (SSSR count). The third kappa shape index (κ3) is 3.14. The molecule has 0 aliphatic heterocycles. The van der Waals surface area contributed by atoms with Crippen LogP contribution in [0.15, 0.2) is 24.3 Å². The highest BCUT2D eigenvalue weighted by molar-refractivity contribution is 5.34. The summed E-state index contributed by atoms with van der Waals surface area (Å²) < 4.78 is 0. The summed E-state index contributed by atoms with van der Waals surface area (Å²) in [4.78, 5) is 0. The molecule has 0 spiro atoms. The number of nitrogens with one attached hydrogen (secondary N) is 1. The molecule has 18 heavy (non-hydrogen) atoms. The first kappa shape index (κ1) is 13.6. The van der Waals surface area contributed by atoms with Gasteiger partial charge in [-0.1, -0.05) is 51.5 Å². The lowest BCUT2D eigenvalue weighted by Gasteiger charge is -2.25. The van der Waals surface area contributed by atoms with Crippen molar-refractivity contribution in [3.63, 3.8) is 0 Å². The molecule has 0 radical (unpaired) electrons. The van der Waals surface area contributed by atoms with Gasteiger partial charge in [-0.3, -0.25) is 0 Å². The van der Waals surface area contributed by atoms with Gasteiger partial charge in [-0.2, -0.15) is 0 Å². The lowest BCUT2D eigenvalue weighted by Crippen LogP contribution is -2.32. The minimum Gasteiger partial charge on any atom is -0.307 e. The molecule has 0 saturated heterocycles. The fraction of sp³-hybridized carbons (Fsp3) is 0.647. The monoisotopic (exact) mass is 245 g/mol. The summed E-state index contributed by atoms with van der Waals surface area (Å²) in [6.07, 6.45) is 6.36. The maximum atomic E-state index is 3.89. The molecule has 0 bridgehead atoms. The number of hydrogen-bond donors (Lipinski definition) is 1. The molecule has 1 heteroatoms. The van der Waals surface area contributed by atoms with Gasteiger partial charge >= 0.3 is 0 Å². The average molecular weight is 245 g/mol. The molecule has 0 amide bonds. The van der Waals surface area contributed by atoms with Crippen molar-refractivity contribution >= 4 is 0 Å². The molecule has 1 N–H and O–H groups in total. The number of fused-ring (bicyclic) bond motifs is 1. The van der Waals surface area contributed by atoms with Crippen LogP contribution in [-0.2, 0) is 6.42 Å². The van der Waals surface area contributed by atoms with Crippen LogP contribution in [0.4, 0.5) is 0 Å². The Bertz CT molecular complexity index is 372. The topological polar surface area (TPSA) is 12.0 Å². The van der Waals surface area contributed by atoms with E-state index in [1.807, 2.05) is 0 Å². The highest BCUT2D eigenvalue weighted by Gasteiger charge is 2.24. The van der Waals surface area contributed by atoms with E-state index in [-0.39, 0.29) is 0 Å². The van der Waals surface area contributed by atoms with Crippen molar-refractivity contribution in [3.05, 3.63) is 35.4 Å². The van der Waals surface area contributed by atoms with Gasteiger partial charge in [0.05, 0.1) is 0 Å². The van der Waals surface area contributed by atoms with E-state index in [4.69, 9.17) is 0 Å². The summed E-state index contributed by atoms with van der Waals surface area (Å²) in [6, 6.07) is 10.2. The van der Waals surface area contributed by atoms with Gasteiger partial charge in [-0.05, 0) is 42.7 Å². The molecular weight excluding hydrogens is 218 g/mol. The fourth-order valence-electron chi connectivity index (χ4n) is 3.02. The van der Waals surface area contributed by atoms with Crippen LogP contribution in [0.25, 0.3) is 0 Å². The van der Waals surface area contributed by atoms with Crippen LogP contribution in [0.5, 0.6) is 0 Å². The van der Waals surface area contributed by atoms with Crippen molar-refractivity contribution in [3.8, 4) is 0 Å². The summed E-state index contributed by atoms with van der Waals surface area (Å²) in [5.74, 6) is 0.832. The first-order valence-electron chi connectivity index (χ1n) is 7.58. The minimum absolute atomic E-state index is 0.593. The first-order chi connectivity index (χ1) is 8.74. The number of aryl methyl sites for hydroxylation is 1. The summed E-state index contributed by atoms with van der Waals surface area (Å²) in [6.45, 7) is 6.97. The van der Waals surface area contributed by atoms with Gasteiger partial charge in [-0.25, -0.2) is 0 Å². The molecule has 3 atom stereocenters. The molecule has 0 saturated carbocycles. The largest absolute Gasteiger partial charge is 0.307 e. The smallest absolute Gasteiger partial charge is 0.0328 e. The standard InChI is InChI=1S/C17H27N/c1-4-13(3)12-15(5-2)18-17-11-10-14-8-6-7-9-16(14)17/h6-9,13,15,17-18H,4-5,10-12H2,1-3H3. The Labute approximate surface area is 112 Å². The van der Waals surface area contributed by atoms with Crippen LogP contribution in [0, 0.1) is 5.92 Å². The van der Waals surface area contributed by atoms with E-state index in [0.717, 1.165) is 5.92 Å². The van der Waals surface area contributed by atoms with Crippen molar-refractivity contribution < 1.29 is 0 Å². The van der Waals surface area contributed by atoms with E-state index >= 15 is 0 Å². The summed E-state index contributed by atoms with van der Waals surface area (Å²) in [5.41, 5.74) is 3.09. The molecule has 1 aromatic rings. The van der Waals surface area contributed by atoms with Crippen molar-refractivity contribution in [2.75, 3.05) is 0 Å². The van der Waals surface area contributed by atoms with Crippen molar-refractivity contribution in [2.24, 2.45) is 5.92 Å². The Kier molecular flexibility index (Phi) is 4.82. The highest BCUT2D eigenvalue weighted by Crippen LogP contribution is 2.31. The summed E-state index contributed by atoms with van der Waals surface area (Å²) >= 11 is 0. The molecule has 0 fully saturated rings. The average Bonchev–Trinajstić information content (AvgIpc) is 2.81. The van der Waals surface area contributed by atoms with Gasteiger partial charge < -0.3 is 5.32 Å². The van der Waals surface area contributed by atoms with Gasteiger partial charge in [0.2, 0.25) is 0 Å². The Morgan fingerprint density at radius 2 is 2.00 bits per heavy atom. The second kappa shape index (κ2) is 6.38. The Morgan fingerprint density at radius 1 is 1.22 bits per heavy atom. The Morgan fingerprint density at radius 3 is 2.72 bits per heavy atom. The molecular formula is C17H27N. The third-order valence-corrected chi connectivity index (χ3v) is 4.45. The van der Waals surface area contributed by atoms with Gasteiger partial charge in [0.1, 0.15) is 0 Å². The third-order valence-electron chi connectivity index (χ3n) is 4.45. The number of benzene rings is 1. The van der Waals surface area contributed by atoms with Crippen LogP contribution in [0.3, 0.4) is 0 Å². The van der Waals surface area contributed by atoms with Crippen LogP contribution >= 0.6 is 0 Å². The quantitative estimate of drug-likeness (QED) is 0.779. The van der Waals surface area contributed by atoms with E-state index in [1.165, 1.54) is 32.1 Å².